The van der Waals surface area contributed by atoms with Gasteiger partial charge in [-0.25, -0.2) is 17.9 Å². The Morgan fingerprint density at radius 1 is 1.09 bits per heavy atom. The SMILES string of the molecule is OC[C@H]1O[C@H](Sc2ccccc2)[C@H](O)[C@@H](n2cc(-c3cc(F)c(F)c(F)c3)nn2)[C@H]1OC(F)(F)F. The zero-order valence-electron chi connectivity index (χ0n) is 17.4. The van der Waals surface area contributed by atoms with Gasteiger partial charge < -0.3 is 14.9 Å². The normalized spacial score (nSPS) is 25.1. The van der Waals surface area contributed by atoms with Crippen molar-refractivity contribution in [2.75, 3.05) is 6.61 Å². The van der Waals surface area contributed by atoms with E-state index < -0.39 is 60.2 Å². The van der Waals surface area contributed by atoms with Gasteiger partial charge in [-0.05, 0) is 24.3 Å². The number of halogens is 6. The molecule has 1 fully saturated rings. The summed E-state index contributed by atoms with van der Waals surface area (Å²) in [5, 5.41) is 28.1. The lowest BCUT2D eigenvalue weighted by atomic mass is 9.97. The van der Waals surface area contributed by atoms with E-state index in [2.05, 4.69) is 15.0 Å². The average molecular weight is 521 g/mol. The Morgan fingerprint density at radius 3 is 2.34 bits per heavy atom. The Morgan fingerprint density at radius 2 is 1.74 bits per heavy atom. The molecule has 1 saturated heterocycles. The van der Waals surface area contributed by atoms with Crippen LogP contribution in [-0.4, -0.2) is 61.9 Å². The maximum absolute atomic E-state index is 13.7. The Hall–Kier alpha value is -2.65. The molecule has 7 nitrogen and oxygen atoms in total. The summed E-state index contributed by atoms with van der Waals surface area (Å²) in [6.45, 7) is -0.883. The van der Waals surface area contributed by atoms with E-state index in [-0.39, 0.29) is 11.3 Å². The highest BCUT2D eigenvalue weighted by Crippen LogP contribution is 2.41. The lowest BCUT2D eigenvalue weighted by Gasteiger charge is -2.43. The number of benzene rings is 2. The van der Waals surface area contributed by atoms with Gasteiger partial charge in [0.1, 0.15) is 35.5 Å². The number of hydrogen-bond acceptors (Lipinski definition) is 7. The summed E-state index contributed by atoms with van der Waals surface area (Å²) in [6, 6.07) is 8.23. The molecule has 1 aliphatic heterocycles. The van der Waals surface area contributed by atoms with Crippen LogP contribution in [0, 0.1) is 17.5 Å². The number of aromatic nitrogens is 3. The van der Waals surface area contributed by atoms with Crippen LogP contribution in [0.2, 0.25) is 0 Å². The van der Waals surface area contributed by atoms with Crippen molar-refractivity contribution in [3.63, 3.8) is 0 Å². The fourth-order valence-corrected chi connectivity index (χ4v) is 4.73. The minimum atomic E-state index is -5.16. The number of ether oxygens (including phenoxy) is 2. The van der Waals surface area contributed by atoms with Crippen LogP contribution >= 0.6 is 11.8 Å². The lowest BCUT2D eigenvalue weighted by Crippen LogP contribution is -2.57. The molecular formula is C21H17F6N3O4S. The van der Waals surface area contributed by atoms with Gasteiger partial charge in [0.15, 0.2) is 17.5 Å². The number of alkyl halides is 3. The van der Waals surface area contributed by atoms with E-state index in [9.17, 15) is 36.6 Å². The second kappa shape index (κ2) is 10.1. The first-order valence-corrected chi connectivity index (χ1v) is 10.9. The number of aliphatic hydroxyl groups excluding tert-OH is 2. The molecule has 35 heavy (non-hydrogen) atoms. The average Bonchev–Trinajstić information content (AvgIpc) is 3.28. The molecule has 1 aromatic heterocycles. The summed E-state index contributed by atoms with van der Waals surface area (Å²) in [5.41, 5.74) is -1.60. The summed E-state index contributed by atoms with van der Waals surface area (Å²) < 4.78 is 90.7. The zero-order valence-corrected chi connectivity index (χ0v) is 18.3. The number of rotatable bonds is 6. The quantitative estimate of drug-likeness (QED) is 0.378. The standard InChI is InChI=1S/C21H17F6N3O4S/c22-12-6-10(7-13(23)16(12)24)14-8-30(29-28-14)17-18(32)20(35-11-4-2-1-3-5-11)33-15(9-31)19(17)34-21(25,26)27/h1-8,15,17-20,31-32H,9H2/t15-,17-,18-,19+,20-/m1/s1. The van der Waals surface area contributed by atoms with E-state index in [0.29, 0.717) is 17.0 Å². The van der Waals surface area contributed by atoms with E-state index >= 15 is 0 Å². The molecule has 0 unspecified atom stereocenters. The molecule has 5 atom stereocenters. The molecule has 0 saturated carbocycles. The van der Waals surface area contributed by atoms with E-state index in [1.54, 1.807) is 30.3 Å². The third-order valence-corrected chi connectivity index (χ3v) is 6.35. The molecule has 1 aliphatic rings. The summed E-state index contributed by atoms with van der Waals surface area (Å²) >= 11 is 0.996. The summed E-state index contributed by atoms with van der Waals surface area (Å²) in [4.78, 5) is 0.624. The zero-order chi connectivity index (χ0) is 25.3. The van der Waals surface area contributed by atoms with Crippen LogP contribution in [0.4, 0.5) is 26.3 Å². The fourth-order valence-electron chi connectivity index (χ4n) is 3.65. The van der Waals surface area contributed by atoms with Crippen molar-refractivity contribution >= 4 is 11.8 Å². The van der Waals surface area contributed by atoms with Crippen LogP contribution in [0.15, 0.2) is 53.6 Å². The molecule has 3 aromatic rings. The molecule has 0 spiro atoms. The summed E-state index contributed by atoms with van der Waals surface area (Å²) in [5.74, 6) is -4.71. The van der Waals surface area contributed by atoms with Gasteiger partial charge in [-0.3, -0.25) is 4.74 Å². The number of aliphatic hydroxyl groups is 2. The van der Waals surface area contributed by atoms with Gasteiger partial charge in [0.25, 0.3) is 0 Å². The number of nitrogens with zero attached hydrogens (tertiary/aromatic N) is 3. The predicted octanol–water partition coefficient (Wildman–Crippen LogP) is 3.68. The van der Waals surface area contributed by atoms with E-state index in [0.717, 1.165) is 22.6 Å². The van der Waals surface area contributed by atoms with Crippen molar-refractivity contribution < 1.29 is 46.0 Å². The molecule has 0 amide bonds. The smallest absolute Gasteiger partial charge is 0.394 e. The van der Waals surface area contributed by atoms with Crippen LogP contribution in [0.3, 0.4) is 0 Å². The van der Waals surface area contributed by atoms with Crippen LogP contribution in [-0.2, 0) is 9.47 Å². The maximum atomic E-state index is 13.7. The van der Waals surface area contributed by atoms with Crippen molar-refractivity contribution in [3.8, 4) is 11.3 Å². The van der Waals surface area contributed by atoms with Crippen LogP contribution in [0.1, 0.15) is 6.04 Å². The van der Waals surface area contributed by atoms with Gasteiger partial charge in [-0.15, -0.1) is 18.3 Å². The molecule has 0 bridgehead atoms. The fraction of sp³-hybridized carbons (Fsp3) is 0.333. The lowest BCUT2D eigenvalue weighted by molar-refractivity contribution is -0.370. The van der Waals surface area contributed by atoms with Crippen LogP contribution in [0.25, 0.3) is 11.3 Å². The topological polar surface area (TPSA) is 89.6 Å². The molecule has 14 heteroatoms. The summed E-state index contributed by atoms with van der Waals surface area (Å²) in [7, 11) is 0. The minimum Gasteiger partial charge on any atom is -0.394 e. The molecular weight excluding hydrogens is 504 g/mol. The molecule has 4 rings (SSSR count). The Kier molecular flexibility index (Phi) is 7.38. The second-order valence-electron chi connectivity index (χ2n) is 7.50. The van der Waals surface area contributed by atoms with Gasteiger partial charge in [-0.2, -0.15) is 0 Å². The van der Waals surface area contributed by atoms with Crippen molar-refractivity contribution in [1.29, 1.82) is 0 Å². The Bertz CT molecular complexity index is 1140. The first-order chi connectivity index (χ1) is 16.6. The van der Waals surface area contributed by atoms with Gasteiger partial charge in [0.2, 0.25) is 0 Å². The third kappa shape index (κ3) is 5.62. The summed E-state index contributed by atoms with van der Waals surface area (Å²) in [6.07, 6.45) is -9.28. The molecule has 0 aliphatic carbocycles. The van der Waals surface area contributed by atoms with Gasteiger partial charge >= 0.3 is 6.36 Å². The monoisotopic (exact) mass is 521 g/mol. The second-order valence-corrected chi connectivity index (χ2v) is 8.68. The van der Waals surface area contributed by atoms with Crippen molar-refractivity contribution in [2.45, 2.75) is 41.0 Å². The highest BCUT2D eigenvalue weighted by Gasteiger charge is 2.51. The minimum absolute atomic E-state index is 0.208. The van der Waals surface area contributed by atoms with Gasteiger partial charge in [0, 0.05) is 10.5 Å². The van der Waals surface area contributed by atoms with Gasteiger partial charge in [-0.1, -0.05) is 35.2 Å². The van der Waals surface area contributed by atoms with E-state index in [1.165, 1.54) is 0 Å². The first-order valence-electron chi connectivity index (χ1n) is 10.0. The first kappa shape index (κ1) is 25.4. The highest BCUT2D eigenvalue weighted by atomic mass is 32.2. The van der Waals surface area contributed by atoms with E-state index in [1.807, 2.05) is 0 Å². The molecule has 0 radical (unpaired) electrons. The van der Waals surface area contributed by atoms with Crippen molar-refractivity contribution in [2.24, 2.45) is 0 Å². The third-order valence-electron chi connectivity index (χ3n) is 5.18. The maximum Gasteiger partial charge on any atom is 0.522 e. The molecule has 2 aromatic carbocycles. The van der Waals surface area contributed by atoms with Crippen LogP contribution in [0.5, 0.6) is 0 Å². The molecule has 2 N–H and O–H groups in total. The van der Waals surface area contributed by atoms with Gasteiger partial charge in [0.05, 0.1) is 12.8 Å². The molecule has 188 valence electrons. The molecule has 2 heterocycles. The number of hydrogen-bond donors (Lipinski definition) is 2. The highest BCUT2D eigenvalue weighted by molar-refractivity contribution is 7.99. The Balaban J connectivity index is 1.71. The largest absolute Gasteiger partial charge is 0.522 e. The van der Waals surface area contributed by atoms with Crippen molar-refractivity contribution in [1.82, 2.24) is 15.0 Å². The Labute approximate surface area is 198 Å². The predicted molar refractivity (Wildman–Crippen MR) is 109 cm³/mol. The van der Waals surface area contributed by atoms with Crippen LogP contribution < -0.4 is 0 Å². The number of thioether (sulfide) groups is 1. The van der Waals surface area contributed by atoms with Crippen molar-refractivity contribution in [3.05, 3.63) is 66.1 Å². The van der Waals surface area contributed by atoms with E-state index in [4.69, 9.17) is 4.74 Å².